The molecule has 0 unspecified atom stereocenters. The van der Waals surface area contributed by atoms with Crippen LogP contribution < -0.4 is 0 Å². The van der Waals surface area contributed by atoms with Crippen LogP contribution in [0.25, 0.3) is 11.3 Å². The Balaban J connectivity index is 2.69. The van der Waals surface area contributed by atoms with Gasteiger partial charge in [0.1, 0.15) is 5.56 Å². The van der Waals surface area contributed by atoms with Crippen LogP contribution in [-0.2, 0) is 4.74 Å². The van der Waals surface area contributed by atoms with E-state index in [-0.39, 0.29) is 10.6 Å². The minimum Gasteiger partial charge on any atom is -0.465 e. The lowest BCUT2D eigenvalue weighted by atomic mass is 10.1. The third-order valence-corrected chi connectivity index (χ3v) is 3.06. The summed E-state index contributed by atoms with van der Waals surface area (Å²) in [7, 11) is 1.29. The summed E-state index contributed by atoms with van der Waals surface area (Å²) in [5.74, 6) is -0.539. The lowest BCUT2D eigenvalue weighted by molar-refractivity contribution is 0.0601. The van der Waals surface area contributed by atoms with Crippen molar-refractivity contribution in [2.45, 2.75) is 0 Å². The Morgan fingerprint density at radius 1 is 1.17 bits per heavy atom. The highest BCUT2D eigenvalue weighted by molar-refractivity contribution is 6.35. The number of esters is 1. The van der Waals surface area contributed by atoms with Gasteiger partial charge in [0.2, 0.25) is 0 Å². The topological polar surface area (TPSA) is 39.2 Å². The van der Waals surface area contributed by atoms with Crippen LogP contribution in [0.15, 0.2) is 36.5 Å². The number of ether oxygens (including phenoxy) is 1. The molecule has 0 fully saturated rings. The van der Waals surface area contributed by atoms with E-state index < -0.39 is 5.97 Å². The number of hydrogen-bond acceptors (Lipinski definition) is 3. The minimum absolute atomic E-state index is 0.217. The number of hydrogen-bond donors (Lipinski definition) is 0. The monoisotopic (exact) mass is 281 g/mol. The van der Waals surface area contributed by atoms with Gasteiger partial charge in [0.15, 0.2) is 0 Å². The molecule has 92 valence electrons. The first-order valence-electron chi connectivity index (χ1n) is 5.13. The average molecular weight is 282 g/mol. The van der Waals surface area contributed by atoms with Crippen molar-refractivity contribution in [1.29, 1.82) is 0 Å². The van der Waals surface area contributed by atoms with Gasteiger partial charge >= 0.3 is 5.97 Å². The van der Waals surface area contributed by atoms with Crippen LogP contribution in [-0.4, -0.2) is 18.1 Å². The molecule has 0 aliphatic heterocycles. The molecular formula is C13H9Cl2NO2. The summed E-state index contributed by atoms with van der Waals surface area (Å²) in [6.07, 6.45) is 1.52. The molecule has 0 aliphatic carbocycles. The van der Waals surface area contributed by atoms with Crippen molar-refractivity contribution in [3.8, 4) is 11.3 Å². The molecular weight excluding hydrogens is 273 g/mol. The van der Waals surface area contributed by atoms with E-state index in [9.17, 15) is 4.79 Å². The molecule has 3 nitrogen and oxygen atoms in total. The van der Waals surface area contributed by atoms with Crippen LogP contribution in [0.2, 0.25) is 10.0 Å². The first-order chi connectivity index (χ1) is 8.65. The van der Waals surface area contributed by atoms with Gasteiger partial charge in [-0.1, -0.05) is 41.4 Å². The molecule has 2 aromatic rings. The molecule has 1 heterocycles. The minimum atomic E-state index is -0.539. The quantitative estimate of drug-likeness (QED) is 0.785. The van der Waals surface area contributed by atoms with Gasteiger partial charge in [-0.05, 0) is 12.1 Å². The van der Waals surface area contributed by atoms with Crippen LogP contribution in [0.1, 0.15) is 10.4 Å². The number of methoxy groups -OCH3 is 1. The Morgan fingerprint density at radius 2 is 1.89 bits per heavy atom. The summed E-state index contributed by atoms with van der Waals surface area (Å²) >= 11 is 12.1. The fraction of sp³-hybridized carbons (Fsp3) is 0.0769. The maximum Gasteiger partial charge on any atom is 0.341 e. The third kappa shape index (κ3) is 2.33. The molecule has 1 aromatic carbocycles. The van der Waals surface area contributed by atoms with E-state index in [1.165, 1.54) is 19.4 Å². The van der Waals surface area contributed by atoms with Crippen molar-refractivity contribution in [3.05, 3.63) is 52.1 Å². The fourth-order valence-electron chi connectivity index (χ4n) is 1.59. The third-order valence-electron chi connectivity index (χ3n) is 2.42. The second kappa shape index (κ2) is 5.38. The number of rotatable bonds is 2. The number of aromatic nitrogens is 1. The van der Waals surface area contributed by atoms with Crippen molar-refractivity contribution in [1.82, 2.24) is 4.98 Å². The molecule has 0 spiro atoms. The molecule has 0 bridgehead atoms. The summed E-state index contributed by atoms with van der Waals surface area (Å²) in [5.41, 5.74) is 1.27. The second-order valence-corrected chi connectivity index (χ2v) is 4.30. The van der Waals surface area contributed by atoms with Gasteiger partial charge in [-0.15, -0.1) is 0 Å². The van der Waals surface area contributed by atoms with Crippen LogP contribution in [0.4, 0.5) is 0 Å². The van der Waals surface area contributed by atoms with Gasteiger partial charge in [0, 0.05) is 16.8 Å². The van der Waals surface area contributed by atoms with E-state index in [0.717, 1.165) is 0 Å². The largest absolute Gasteiger partial charge is 0.465 e. The Morgan fingerprint density at radius 3 is 2.56 bits per heavy atom. The van der Waals surface area contributed by atoms with E-state index in [2.05, 4.69) is 4.98 Å². The molecule has 0 N–H and O–H groups in total. The van der Waals surface area contributed by atoms with E-state index in [0.29, 0.717) is 16.3 Å². The normalized spacial score (nSPS) is 10.2. The predicted octanol–water partition coefficient (Wildman–Crippen LogP) is 3.84. The van der Waals surface area contributed by atoms with Gasteiger partial charge in [-0.3, -0.25) is 4.98 Å². The highest BCUT2D eigenvalue weighted by Crippen LogP contribution is 2.32. The van der Waals surface area contributed by atoms with Gasteiger partial charge in [0.25, 0.3) is 0 Å². The number of carbonyl (C=O) groups is 1. The summed E-state index contributed by atoms with van der Waals surface area (Å²) < 4.78 is 4.71. The van der Waals surface area contributed by atoms with Crippen LogP contribution in [0.3, 0.4) is 0 Å². The van der Waals surface area contributed by atoms with E-state index in [4.69, 9.17) is 27.9 Å². The molecule has 0 aliphatic rings. The molecule has 0 atom stereocenters. The van der Waals surface area contributed by atoms with Gasteiger partial charge in [0.05, 0.1) is 17.8 Å². The highest BCUT2D eigenvalue weighted by Gasteiger charge is 2.19. The summed E-state index contributed by atoms with van der Waals surface area (Å²) in [6, 6.07) is 8.64. The van der Waals surface area contributed by atoms with E-state index >= 15 is 0 Å². The number of pyridine rings is 1. The Labute approximate surface area is 114 Å². The van der Waals surface area contributed by atoms with Crippen molar-refractivity contribution in [3.63, 3.8) is 0 Å². The standard InChI is InChI=1S/C13H9Cl2NO2/c1-18-13(17)11-10(15)6-7-16-12(11)8-4-2-3-5-9(8)14/h2-7H,1H3. The molecule has 18 heavy (non-hydrogen) atoms. The first-order valence-corrected chi connectivity index (χ1v) is 5.88. The van der Waals surface area contributed by atoms with Crippen molar-refractivity contribution in [2.24, 2.45) is 0 Å². The Bertz CT molecular complexity index is 599. The molecule has 0 radical (unpaired) electrons. The average Bonchev–Trinajstić information content (AvgIpc) is 2.38. The van der Waals surface area contributed by atoms with E-state index in [1.807, 2.05) is 6.07 Å². The van der Waals surface area contributed by atoms with Crippen molar-refractivity contribution < 1.29 is 9.53 Å². The van der Waals surface area contributed by atoms with Crippen LogP contribution >= 0.6 is 23.2 Å². The number of carbonyl (C=O) groups excluding carboxylic acids is 1. The lowest BCUT2D eigenvalue weighted by Crippen LogP contribution is -2.06. The fourth-order valence-corrected chi connectivity index (χ4v) is 2.04. The molecule has 0 saturated carbocycles. The molecule has 5 heteroatoms. The number of nitrogens with zero attached hydrogens (tertiary/aromatic N) is 1. The predicted molar refractivity (Wildman–Crippen MR) is 71.0 cm³/mol. The molecule has 2 rings (SSSR count). The first kappa shape index (κ1) is 12.9. The number of benzene rings is 1. The Hall–Kier alpha value is -1.58. The Kier molecular flexibility index (Phi) is 3.84. The summed E-state index contributed by atoms with van der Waals surface area (Å²) in [4.78, 5) is 15.9. The summed E-state index contributed by atoms with van der Waals surface area (Å²) in [5, 5.41) is 0.782. The zero-order valence-corrected chi connectivity index (χ0v) is 11.0. The highest BCUT2D eigenvalue weighted by atomic mass is 35.5. The van der Waals surface area contributed by atoms with Gasteiger partial charge in [-0.25, -0.2) is 4.79 Å². The van der Waals surface area contributed by atoms with Crippen molar-refractivity contribution >= 4 is 29.2 Å². The molecule has 0 saturated heterocycles. The zero-order valence-electron chi connectivity index (χ0n) is 9.48. The zero-order chi connectivity index (χ0) is 13.1. The molecule has 1 aromatic heterocycles. The maximum atomic E-state index is 11.7. The van der Waals surface area contributed by atoms with Crippen molar-refractivity contribution in [2.75, 3.05) is 7.11 Å². The number of halogens is 2. The second-order valence-electron chi connectivity index (χ2n) is 3.49. The van der Waals surface area contributed by atoms with Gasteiger partial charge < -0.3 is 4.74 Å². The summed E-state index contributed by atoms with van der Waals surface area (Å²) in [6.45, 7) is 0. The van der Waals surface area contributed by atoms with Crippen LogP contribution in [0.5, 0.6) is 0 Å². The van der Waals surface area contributed by atoms with Gasteiger partial charge in [-0.2, -0.15) is 0 Å². The lowest BCUT2D eigenvalue weighted by Gasteiger charge is -2.09. The van der Waals surface area contributed by atoms with Crippen LogP contribution in [0, 0.1) is 0 Å². The molecule has 0 amide bonds. The smallest absolute Gasteiger partial charge is 0.341 e. The maximum absolute atomic E-state index is 11.7. The SMILES string of the molecule is COC(=O)c1c(Cl)ccnc1-c1ccccc1Cl. The van der Waals surface area contributed by atoms with E-state index in [1.54, 1.807) is 18.2 Å².